The van der Waals surface area contributed by atoms with Crippen molar-refractivity contribution in [2.24, 2.45) is 0 Å². The average Bonchev–Trinajstić information content (AvgIpc) is 1.82. The summed E-state index contributed by atoms with van der Waals surface area (Å²) in [6.07, 6.45) is 0. The molecule has 0 radical (unpaired) electrons. The molecule has 54 valence electrons. The third kappa shape index (κ3) is 1.41. The molecule has 10 heavy (non-hydrogen) atoms. The summed E-state index contributed by atoms with van der Waals surface area (Å²) in [5.41, 5.74) is 0.793. The van der Waals surface area contributed by atoms with Crippen molar-refractivity contribution in [2.45, 2.75) is 16.7 Å². The van der Waals surface area contributed by atoms with Crippen LogP contribution in [0.3, 0.4) is 0 Å². The summed E-state index contributed by atoms with van der Waals surface area (Å²) < 4.78 is 0. The molecule has 0 bridgehead atoms. The zero-order chi connectivity index (χ0) is 7.72. The lowest BCUT2D eigenvalue weighted by Gasteiger charge is -2.02. The van der Waals surface area contributed by atoms with Crippen molar-refractivity contribution in [3.8, 4) is 5.75 Å². The van der Waals surface area contributed by atoms with E-state index in [2.05, 4.69) is 25.3 Å². The zero-order valence-corrected chi connectivity index (χ0v) is 7.29. The van der Waals surface area contributed by atoms with Gasteiger partial charge in [-0.25, -0.2) is 0 Å². The van der Waals surface area contributed by atoms with Crippen LogP contribution in [0.4, 0.5) is 0 Å². The van der Waals surface area contributed by atoms with Crippen LogP contribution in [0.25, 0.3) is 0 Å². The Kier molecular flexibility index (Phi) is 2.16. The highest BCUT2D eigenvalue weighted by atomic mass is 32.1. The molecule has 0 atom stereocenters. The molecule has 0 saturated carbocycles. The topological polar surface area (TPSA) is 20.2 Å². The molecule has 1 nitrogen and oxygen atoms in total. The van der Waals surface area contributed by atoms with Crippen LogP contribution in [-0.2, 0) is 0 Å². The van der Waals surface area contributed by atoms with Crippen LogP contribution in [0.15, 0.2) is 21.9 Å². The number of aromatic hydroxyl groups is 1. The summed E-state index contributed by atoms with van der Waals surface area (Å²) >= 11 is 8.19. The Bertz CT molecular complexity index is 235. The van der Waals surface area contributed by atoms with E-state index in [1.807, 2.05) is 6.92 Å². The molecule has 0 fully saturated rings. The van der Waals surface area contributed by atoms with E-state index in [1.54, 1.807) is 12.1 Å². The smallest absolute Gasteiger partial charge is 0.120 e. The maximum atomic E-state index is 9.18. The predicted octanol–water partition coefficient (Wildman–Crippen LogP) is 2.28. The van der Waals surface area contributed by atoms with Crippen molar-refractivity contribution in [3.05, 3.63) is 17.7 Å². The number of rotatable bonds is 0. The first kappa shape index (κ1) is 7.82. The van der Waals surface area contributed by atoms with E-state index >= 15 is 0 Å². The van der Waals surface area contributed by atoms with E-state index in [0.717, 1.165) is 15.4 Å². The van der Waals surface area contributed by atoms with Crippen molar-refractivity contribution in [1.29, 1.82) is 0 Å². The standard InChI is InChI=1S/C7H8OS2/c1-4-6(8)2-5(9)3-7(4)10/h2-3,8-10H,1H3. The minimum atomic E-state index is 0.248. The molecule has 0 heterocycles. The Morgan fingerprint density at radius 3 is 2.40 bits per heavy atom. The number of phenolic OH excluding ortho intramolecular Hbond substituents is 1. The van der Waals surface area contributed by atoms with Gasteiger partial charge >= 0.3 is 0 Å². The summed E-state index contributed by atoms with van der Waals surface area (Å²) in [6.45, 7) is 1.81. The molecule has 1 aromatic carbocycles. The average molecular weight is 172 g/mol. The molecule has 0 amide bonds. The van der Waals surface area contributed by atoms with Gasteiger partial charge < -0.3 is 5.11 Å². The number of hydrogen-bond acceptors (Lipinski definition) is 3. The summed E-state index contributed by atoms with van der Waals surface area (Å²) in [5, 5.41) is 9.18. The number of thiol groups is 2. The molecule has 1 rings (SSSR count). The monoisotopic (exact) mass is 172 g/mol. The van der Waals surface area contributed by atoms with Crippen molar-refractivity contribution < 1.29 is 5.11 Å². The van der Waals surface area contributed by atoms with Gasteiger partial charge in [0.25, 0.3) is 0 Å². The van der Waals surface area contributed by atoms with Gasteiger partial charge in [0.05, 0.1) is 0 Å². The van der Waals surface area contributed by atoms with E-state index in [4.69, 9.17) is 0 Å². The molecule has 0 aliphatic carbocycles. The SMILES string of the molecule is Cc1c(O)cc(S)cc1S. The van der Waals surface area contributed by atoms with Gasteiger partial charge in [0.1, 0.15) is 5.75 Å². The first-order valence-corrected chi connectivity index (χ1v) is 3.72. The number of benzene rings is 1. The molecule has 3 heteroatoms. The first-order chi connectivity index (χ1) is 4.61. The molecule has 0 aromatic heterocycles. The summed E-state index contributed by atoms with van der Waals surface area (Å²) in [7, 11) is 0. The number of hydrogen-bond donors (Lipinski definition) is 3. The molecular weight excluding hydrogens is 164 g/mol. The second-order valence-corrected chi connectivity index (χ2v) is 3.11. The molecule has 0 aliphatic heterocycles. The van der Waals surface area contributed by atoms with Gasteiger partial charge in [0.2, 0.25) is 0 Å². The third-order valence-electron chi connectivity index (χ3n) is 1.34. The van der Waals surface area contributed by atoms with Crippen LogP contribution in [-0.4, -0.2) is 5.11 Å². The lowest BCUT2D eigenvalue weighted by Crippen LogP contribution is -1.77. The quantitative estimate of drug-likeness (QED) is 0.513. The van der Waals surface area contributed by atoms with Crippen LogP contribution in [0, 0.1) is 6.92 Å². The first-order valence-electron chi connectivity index (χ1n) is 2.83. The second-order valence-electron chi connectivity index (χ2n) is 2.11. The van der Waals surface area contributed by atoms with E-state index in [9.17, 15) is 5.11 Å². The van der Waals surface area contributed by atoms with Crippen molar-refractivity contribution >= 4 is 25.3 Å². The van der Waals surface area contributed by atoms with Gasteiger partial charge in [0.15, 0.2) is 0 Å². The van der Waals surface area contributed by atoms with Crippen LogP contribution in [0.1, 0.15) is 5.56 Å². The summed E-state index contributed by atoms with van der Waals surface area (Å²) in [6, 6.07) is 3.39. The molecule has 0 spiro atoms. The van der Waals surface area contributed by atoms with Gasteiger partial charge in [-0.3, -0.25) is 0 Å². The minimum absolute atomic E-state index is 0.248. The fraction of sp³-hybridized carbons (Fsp3) is 0.143. The van der Waals surface area contributed by atoms with Crippen LogP contribution < -0.4 is 0 Å². The predicted molar refractivity (Wildman–Crippen MR) is 47.3 cm³/mol. The van der Waals surface area contributed by atoms with Crippen molar-refractivity contribution in [1.82, 2.24) is 0 Å². The van der Waals surface area contributed by atoms with Crippen LogP contribution in [0.5, 0.6) is 5.75 Å². The van der Waals surface area contributed by atoms with Crippen molar-refractivity contribution in [3.63, 3.8) is 0 Å². The van der Waals surface area contributed by atoms with Crippen LogP contribution >= 0.6 is 25.3 Å². The molecule has 1 aromatic rings. The third-order valence-corrected chi connectivity index (χ3v) is 2.06. The van der Waals surface area contributed by atoms with Gasteiger partial charge in [-0.15, -0.1) is 25.3 Å². The fourth-order valence-electron chi connectivity index (χ4n) is 0.670. The van der Waals surface area contributed by atoms with E-state index in [0.29, 0.717) is 0 Å². The maximum Gasteiger partial charge on any atom is 0.120 e. The number of phenols is 1. The van der Waals surface area contributed by atoms with Crippen LogP contribution in [0.2, 0.25) is 0 Å². The Morgan fingerprint density at radius 2 is 1.90 bits per heavy atom. The Balaban J connectivity index is 3.31. The van der Waals surface area contributed by atoms with E-state index in [-0.39, 0.29) is 5.75 Å². The normalized spacial score (nSPS) is 9.90. The summed E-state index contributed by atoms with van der Waals surface area (Å²) in [5.74, 6) is 0.248. The molecule has 0 saturated heterocycles. The fourth-order valence-corrected chi connectivity index (χ4v) is 1.28. The largest absolute Gasteiger partial charge is 0.508 e. The molecule has 1 N–H and O–H groups in total. The highest BCUT2D eigenvalue weighted by Gasteiger charge is 1.99. The van der Waals surface area contributed by atoms with Gasteiger partial charge in [-0.1, -0.05) is 0 Å². The van der Waals surface area contributed by atoms with Gasteiger partial charge in [-0.05, 0) is 19.1 Å². The van der Waals surface area contributed by atoms with Crippen molar-refractivity contribution in [2.75, 3.05) is 0 Å². The molecular formula is C7H8OS2. The second kappa shape index (κ2) is 2.76. The lowest BCUT2D eigenvalue weighted by atomic mass is 10.2. The van der Waals surface area contributed by atoms with E-state index < -0.39 is 0 Å². The summed E-state index contributed by atoms with van der Waals surface area (Å²) in [4.78, 5) is 1.50. The van der Waals surface area contributed by atoms with Gasteiger partial charge in [-0.2, -0.15) is 0 Å². The Morgan fingerprint density at radius 1 is 1.30 bits per heavy atom. The highest BCUT2D eigenvalue weighted by Crippen LogP contribution is 2.26. The highest BCUT2D eigenvalue weighted by molar-refractivity contribution is 7.81. The molecule has 0 unspecified atom stereocenters. The lowest BCUT2D eigenvalue weighted by molar-refractivity contribution is 0.467. The zero-order valence-electron chi connectivity index (χ0n) is 5.50. The van der Waals surface area contributed by atoms with E-state index in [1.165, 1.54) is 0 Å². The molecule has 0 aliphatic rings. The maximum absolute atomic E-state index is 9.18. The van der Waals surface area contributed by atoms with Gasteiger partial charge in [0, 0.05) is 15.4 Å². The minimum Gasteiger partial charge on any atom is -0.508 e. The Hall–Kier alpha value is -0.280. The Labute approximate surface area is 70.9 Å².